The average molecular weight is 177 g/mol. The zero-order valence-electron chi connectivity index (χ0n) is 6.43. The SMILES string of the molecule is CCCCC1(N)CCSS1. The van der Waals surface area contributed by atoms with Crippen molar-refractivity contribution in [1.82, 2.24) is 0 Å². The first-order valence-corrected chi connectivity index (χ1v) is 6.18. The number of unbranched alkanes of at least 4 members (excludes halogenated alkanes) is 1. The van der Waals surface area contributed by atoms with Crippen molar-refractivity contribution in [2.45, 2.75) is 37.5 Å². The Morgan fingerprint density at radius 2 is 2.40 bits per heavy atom. The van der Waals surface area contributed by atoms with Gasteiger partial charge in [0.25, 0.3) is 0 Å². The summed E-state index contributed by atoms with van der Waals surface area (Å²) in [4.78, 5) is 0.126. The maximum atomic E-state index is 6.09. The standard InChI is InChI=1S/C7H15NS2/c1-2-3-4-7(8)5-6-9-10-7/h2-6,8H2,1H3. The largest absolute Gasteiger partial charge is 0.316 e. The highest BCUT2D eigenvalue weighted by Crippen LogP contribution is 2.45. The molecule has 0 radical (unpaired) electrons. The van der Waals surface area contributed by atoms with Crippen molar-refractivity contribution in [3.05, 3.63) is 0 Å². The number of nitrogens with two attached hydrogens (primary N) is 1. The van der Waals surface area contributed by atoms with Crippen LogP contribution in [0.1, 0.15) is 32.6 Å². The van der Waals surface area contributed by atoms with Crippen LogP contribution in [-0.4, -0.2) is 10.6 Å². The van der Waals surface area contributed by atoms with Gasteiger partial charge in [-0.05, 0) is 12.8 Å². The minimum Gasteiger partial charge on any atom is -0.316 e. The van der Waals surface area contributed by atoms with Crippen molar-refractivity contribution in [3.63, 3.8) is 0 Å². The zero-order valence-corrected chi connectivity index (χ0v) is 8.06. The molecule has 1 rings (SSSR count). The maximum absolute atomic E-state index is 6.09. The Balaban J connectivity index is 2.22. The fourth-order valence-electron chi connectivity index (χ4n) is 1.06. The van der Waals surface area contributed by atoms with Crippen molar-refractivity contribution in [1.29, 1.82) is 0 Å². The molecule has 10 heavy (non-hydrogen) atoms. The molecule has 2 N–H and O–H groups in total. The minimum absolute atomic E-state index is 0.126. The fourth-order valence-corrected chi connectivity index (χ4v) is 4.07. The van der Waals surface area contributed by atoms with Gasteiger partial charge in [0.05, 0.1) is 4.87 Å². The summed E-state index contributed by atoms with van der Waals surface area (Å²) in [6.45, 7) is 2.22. The molecule has 1 fully saturated rings. The van der Waals surface area contributed by atoms with E-state index in [1.165, 1.54) is 31.4 Å². The first-order chi connectivity index (χ1) is 4.77. The van der Waals surface area contributed by atoms with E-state index in [0.717, 1.165) is 0 Å². The fraction of sp³-hybridized carbons (Fsp3) is 1.00. The van der Waals surface area contributed by atoms with Gasteiger partial charge in [-0.2, -0.15) is 0 Å². The van der Waals surface area contributed by atoms with Gasteiger partial charge in [-0.25, -0.2) is 0 Å². The monoisotopic (exact) mass is 177 g/mol. The predicted octanol–water partition coefficient (Wildman–Crippen LogP) is 2.62. The average Bonchev–Trinajstić information content (AvgIpc) is 2.33. The third-order valence-corrected chi connectivity index (χ3v) is 4.87. The lowest BCUT2D eigenvalue weighted by Crippen LogP contribution is -2.32. The van der Waals surface area contributed by atoms with Crippen LogP contribution in [0.4, 0.5) is 0 Å². The van der Waals surface area contributed by atoms with Crippen molar-refractivity contribution in [2.75, 3.05) is 5.75 Å². The molecule has 60 valence electrons. The zero-order chi connectivity index (χ0) is 7.45. The second kappa shape index (κ2) is 3.88. The molecule has 0 spiro atoms. The second-order valence-electron chi connectivity index (χ2n) is 2.82. The Morgan fingerprint density at radius 1 is 1.60 bits per heavy atom. The molecular formula is C7H15NS2. The summed E-state index contributed by atoms with van der Waals surface area (Å²) in [5.74, 6) is 1.24. The van der Waals surface area contributed by atoms with Crippen LogP contribution in [0.5, 0.6) is 0 Å². The van der Waals surface area contributed by atoms with E-state index in [-0.39, 0.29) is 4.87 Å². The van der Waals surface area contributed by atoms with Gasteiger partial charge in [0.2, 0.25) is 0 Å². The second-order valence-corrected chi connectivity index (χ2v) is 5.65. The first kappa shape index (κ1) is 8.75. The Labute approximate surface area is 70.9 Å². The van der Waals surface area contributed by atoms with Crippen LogP contribution in [0.25, 0.3) is 0 Å². The van der Waals surface area contributed by atoms with Crippen LogP contribution >= 0.6 is 21.6 Å². The van der Waals surface area contributed by atoms with Gasteiger partial charge in [0, 0.05) is 5.75 Å². The summed E-state index contributed by atoms with van der Waals surface area (Å²) in [5, 5.41) is 0. The Kier molecular flexibility index (Phi) is 3.40. The number of hydrogen-bond donors (Lipinski definition) is 1. The number of hydrogen-bond acceptors (Lipinski definition) is 3. The molecule has 1 unspecified atom stereocenters. The van der Waals surface area contributed by atoms with Crippen molar-refractivity contribution < 1.29 is 0 Å². The van der Waals surface area contributed by atoms with Crippen molar-refractivity contribution in [2.24, 2.45) is 5.73 Å². The van der Waals surface area contributed by atoms with E-state index in [1.807, 2.05) is 21.6 Å². The predicted molar refractivity (Wildman–Crippen MR) is 51.1 cm³/mol. The van der Waals surface area contributed by atoms with Gasteiger partial charge >= 0.3 is 0 Å². The van der Waals surface area contributed by atoms with Crippen LogP contribution in [0.2, 0.25) is 0 Å². The molecule has 1 heterocycles. The van der Waals surface area contributed by atoms with E-state index >= 15 is 0 Å². The lowest BCUT2D eigenvalue weighted by atomic mass is 10.1. The summed E-state index contributed by atoms with van der Waals surface area (Å²) in [5.41, 5.74) is 6.09. The highest BCUT2D eigenvalue weighted by atomic mass is 33.1. The lowest BCUT2D eigenvalue weighted by molar-refractivity contribution is 0.527. The van der Waals surface area contributed by atoms with Crippen LogP contribution in [0.3, 0.4) is 0 Å². The van der Waals surface area contributed by atoms with Crippen molar-refractivity contribution >= 4 is 21.6 Å². The van der Waals surface area contributed by atoms with E-state index in [2.05, 4.69) is 6.92 Å². The van der Waals surface area contributed by atoms with Gasteiger partial charge in [-0.3, -0.25) is 0 Å². The summed E-state index contributed by atoms with van der Waals surface area (Å²) in [6, 6.07) is 0. The van der Waals surface area contributed by atoms with Gasteiger partial charge in [0.15, 0.2) is 0 Å². The molecule has 3 heteroatoms. The van der Waals surface area contributed by atoms with Crippen LogP contribution in [0.15, 0.2) is 0 Å². The molecule has 1 saturated heterocycles. The molecular weight excluding hydrogens is 162 g/mol. The third kappa shape index (κ3) is 2.36. The highest BCUT2D eigenvalue weighted by molar-refractivity contribution is 8.77. The molecule has 0 amide bonds. The Morgan fingerprint density at radius 3 is 2.90 bits per heavy atom. The summed E-state index contributed by atoms with van der Waals surface area (Å²) in [7, 11) is 3.80. The summed E-state index contributed by atoms with van der Waals surface area (Å²) in [6.07, 6.45) is 4.94. The molecule has 0 aliphatic carbocycles. The molecule has 0 aromatic carbocycles. The van der Waals surface area contributed by atoms with E-state index in [9.17, 15) is 0 Å². The molecule has 1 atom stereocenters. The molecule has 0 aromatic rings. The molecule has 1 aliphatic rings. The number of rotatable bonds is 3. The van der Waals surface area contributed by atoms with E-state index in [4.69, 9.17) is 5.73 Å². The molecule has 0 aromatic heterocycles. The minimum atomic E-state index is 0.126. The lowest BCUT2D eigenvalue weighted by Gasteiger charge is -2.20. The summed E-state index contributed by atoms with van der Waals surface area (Å²) >= 11 is 0. The molecule has 0 saturated carbocycles. The van der Waals surface area contributed by atoms with Crippen LogP contribution in [0, 0.1) is 0 Å². The molecule has 1 aliphatic heterocycles. The van der Waals surface area contributed by atoms with Gasteiger partial charge < -0.3 is 5.73 Å². The smallest absolute Gasteiger partial charge is 0.0731 e. The Bertz CT molecular complexity index is 99.8. The maximum Gasteiger partial charge on any atom is 0.0731 e. The van der Waals surface area contributed by atoms with Crippen LogP contribution in [-0.2, 0) is 0 Å². The molecule has 1 nitrogen and oxygen atoms in total. The quantitative estimate of drug-likeness (QED) is 0.671. The van der Waals surface area contributed by atoms with E-state index in [0.29, 0.717) is 0 Å². The first-order valence-electron chi connectivity index (χ1n) is 3.86. The third-order valence-electron chi connectivity index (χ3n) is 1.79. The van der Waals surface area contributed by atoms with E-state index < -0.39 is 0 Å². The van der Waals surface area contributed by atoms with Gasteiger partial charge in [-0.1, -0.05) is 41.4 Å². The normalized spacial score (nSPS) is 33.0. The topological polar surface area (TPSA) is 26.0 Å². The Hall–Kier alpha value is 0.660. The van der Waals surface area contributed by atoms with Crippen LogP contribution < -0.4 is 5.73 Å². The summed E-state index contributed by atoms with van der Waals surface area (Å²) < 4.78 is 0. The van der Waals surface area contributed by atoms with E-state index in [1.54, 1.807) is 0 Å². The van der Waals surface area contributed by atoms with Crippen molar-refractivity contribution in [3.8, 4) is 0 Å². The highest BCUT2D eigenvalue weighted by Gasteiger charge is 2.29. The van der Waals surface area contributed by atoms with Gasteiger partial charge in [0.1, 0.15) is 0 Å². The molecule has 0 bridgehead atoms. The van der Waals surface area contributed by atoms with Gasteiger partial charge in [-0.15, -0.1) is 0 Å².